The van der Waals surface area contributed by atoms with Crippen LogP contribution in [0.25, 0.3) is 0 Å². The highest BCUT2D eigenvalue weighted by Crippen LogP contribution is 2.40. The van der Waals surface area contributed by atoms with Gasteiger partial charge in [-0.25, -0.2) is 13.1 Å². The van der Waals surface area contributed by atoms with Gasteiger partial charge < -0.3 is 15.4 Å². The standard InChI is InChI=1S/C20H34N4O3S.HI/c1-3-27-16-13-20(11-7-8-12-20)17-23-19(21-2)22-14-15-24-28(25,26)18-9-5-4-6-10-18;/h4-6,9-10,24H,3,7-8,11-17H2,1-2H3,(H2,21,22,23);1H. The summed E-state index contributed by atoms with van der Waals surface area (Å²) >= 11 is 0. The van der Waals surface area contributed by atoms with Crippen LogP contribution in [-0.4, -0.2) is 54.3 Å². The van der Waals surface area contributed by atoms with Crippen molar-refractivity contribution in [3.05, 3.63) is 30.3 Å². The first-order chi connectivity index (χ1) is 13.5. The minimum Gasteiger partial charge on any atom is -0.382 e. The first-order valence-corrected chi connectivity index (χ1v) is 11.6. The van der Waals surface area contributed by atoms with E-state index in [4.69, 9.17) is 4.74 Å². The van der Waals surface area contributed by atoms with E-state index in [2.05, 4.69) is 20.3 Å². The van der Waals surface area contributed by atoms with Crippen LogP contribution in [0.15, 0.2) is 40.2 Å². The topological polar surface area (TPSA) is 91.8 Å². The summed E-state index contributed by atoms with van der Waals surface area (Å²) in [5.41, 5.74) is 0.266. The van der Waals surface area contributed by atoms with Crippen LogP contribution < -0.4 is 15.4 Å². The van der Waals surface area contributed by atoms with E-state index in [-0.39, 0.29) is 40.8 Å². The van der Waals surface area contributed by atoms with Crippen molar-refractivity contribution in [2.75, 3.05) is 39.9 Å². The smallest absolute Gasteiger partial charge is 0.240 e. The third-order valence-corrected chi connectivity index (χ3v) is 6.74. The summed E-state index contributed by atoms with van der Waals surface area (Å²) in [7, 11) is -1.75. The minimum atomic E-state index is -3.48. The van der Waals surface area contributed by atoms with E-state index >= 15 is 0 Å². The SMILES string of the molecule is CCOCCC1(CNC(=NC)NCCNS(=O)(=O)c2ccccc2)CCCC1.I. The second kappa shape index (κ2) is 13.4. The van der Waals surface area contributed by atoms with Gasteiger partial charge in [-0.3, -0.25) is 4.99 Å². The molecule has 2 rings (SSSR count). The average molecular weight is 538 g/mol. The van der Waals surface area contributed by atoms with Gasteiger partial charge in [-0.15, -0.1) is 24.0 Å². The molecule has 0 atom stereocenters. The Kier molecular flexibility index (Phi) is 12.1. The van der Waals surface area contributed by atoms with Gasteiger partial charge >= 0.3 is 0 Å². The van der Waals surface area contributed by atoms with Gasteiger partial charge in [0.2, 0.25) is 10.0 Å². The summed E-state index contributed by atoms with van der Waals surface area (Å²) in [6.07, 6.45) is 6.01. The van der Waals surface area contributed by atoms with Crippen molar-refractivity contribution in [3.63, 3.8) is 0 Å². The van der Waals surface area contributed by atoms with Crippen LogP contribution in [0.5, 0.6) is 0 Å². The quantitative estimate of drug-likeness (QED) is 0.175. The van der Waals surface area contributed by atoms with E-state index in [9.17, 15) is 8.42 Å². The van der Waals surface area contributed by atoms with E-state index in [1.165, 1.54) is 25.7 Å². The zero-order chi connectivity index (χ0) is 20.3. The molecule has 0 spiro atoms. The molecule has 29 heavy (non-hydrogen) atoms. The summed E-state index contributed by atoms with van der Waals surface area (Å²) in [4.78, 5) is 4.53. The van der Waals surface area contributed by atoms with E-state index < -0.39 is 10.0 Å². The third kappa shape index (κ3) is 8.77. The number of sulfonamides is 1. The molecular weight excluding hydrogens is 503 g/mol. The Balaban J connectivity index is 0.00000420. The summed E-state index contributed by atoms with van der Waals surface area (Å²) in [5, 5.41) is 6.60. The van der Waals surface area contributed by atoms with Crippen LogP contribution in [0.3, 0.4) is 0 Å². The number of hydrogen-bond donors (Lipinski definition) is 3. The number of halogens is 1. The number of nitrogens with zero attached hydrogens (tertiary/aromatic N) is 1. The number of nitrogens with one attached hydrogen (secondary N) is 3. The predicted octanol–water partition coefficient (Wildman–Crippen LogP) is 2.73. The van der Waals surface area contributed by atoms with Crippen LogP contribution in [0.4, 0.5) is 0 Å². The molecule has 1 aromatic rings. The Morgan fingerprint density at radius 2 is 1.83 bits per heavy atom. The van der Waals surface area contributed by atoms with E-state index in [0.29, 0.717) is 12.5 Å². The predicted molar refractivity (Wildman–Crippen MR) is 128 cm³/mol. The second-order valence-corrected chi connectivity index (χ2v) is 8.98. The van der Waals surface area contributed by atoms with Crippen molar-refractivity contribution in [3.8, 4) is 0 Å². The molecule has 1 aliphatic carbocycles. The van der Waals surface area contributed by atoms with Gasteiger partial charge in [-0.2, -0.15) is 0 Å². The van der Waals surface area contributed by atoms with Crippen LogP contribution >= 0.6 is 24.0 Å². The number of guanidine groups is 1. The van der Waals surface area contributed by atoms with Crippen molar-refractivity contribution >= 4 is 40.0 Å². The lowest BCUT2D eigenvalue weighted by molar-refractivity contribution is 0.105. The molecule has 1 aromatic carbocycles. The molecule has 0 saturated heterocycles. The maximum absolute atomic E-state index is 12.2. The summed E-state index contributed by atoms with van der Waals surface area (Å²) < 4.78 is 32.6. The first-order valence-electron chi connectivity index (χ1n) is 10.1. The highest BCUT2D eigenvalue weighted by molar-refractivity contribution is 14.0. The zero-order valence-electron chi connectivity index (χ0n) is 17.4. The fraction of sp³-hybridized carbons (Fsp3) is 0.650. The molecule has 9 heteroatoms. The summed E-state index contributed by atoms with van der Waals surface area (Å²) in [6, 6.07) is 8.38. The molecule has 1 fully saturated rings. The van der Waals surface area contributed by atoms with Gasteiger partial charge in [0, 0.05) is 39.9 Å². The molecule has 166 valence electrons. The Hall–Kier alpha value is -0.910. The molecule has 0 amide bonds. The summed E-state index contributed by atoms with van der Waals surface area (Å²) in [5.74, 6) is 0.696. The lowest BCUT2D eigenvalue weighted by Gasteiger charge is -2.30. The van der Waals surface area contributed by atoms with E-state index in [1.54, 1.807) is 37.4 Å². The largest absolute Gasteiger partial charge is 0.382 e. The van der Waals surface area contributed by atoms with Crippen molar-refractivity contribution in [1.82, 2.24) is 15.4 Å². The highest BCUT2D eigenvalue weighted by atomic mass is 127. The summed E-state index contributed by atoms with van der Waals surface area (Å²) in [6.45, 7) is 5.18. The van der Waals surface area contributed by atoms with Crippen molar-refractivity contribution in [2.45, 2.75) is 43.9 Å². The molecule has 0 radical (unpaired) electrons. The Labute approximate surface area is 192 Å². The monoisotopic (exact) mass is 538 g/mol. The van der Waals surface area contributed by atoms with Gasteiger partial charge in [-0.1, -0.05) is 31.0 Å². The van der Waals surface area contributed by atoms with Crippen LogP contribution in [-0.2, 0) is 14.8 Å². The number of rotatable bonds is 11. The molecule has 1 aliphatic rings. The fourth-order valence-electron chi connectivity index (χ4n) is 3.61. The van der Waals surface area contributed by atoms with E-state index in [1.807, 2.05) is 6.92 Å². The van der Waals surface area contributed by atoms with Crippen molar-refractivity contribution < 1.29 is 13.2 Å². The normalized spacial score (nSPS) is 16.3. The van der Waals surface area contributed by atoms with Gasteiger partial charge in [0.25, 0.3) is 0 Å². The van der Waals surface area contributed by atoms with Crippen molar-refractivity contribution in [2.24, 2.45) is 10.4 Å². The van der Waals surface area contributed by atoms with Crippen molar-refractivity contribution in [1.29, 1.82) is 0 Å². The number of benzene rings is 1. The van der Waals surface area contributed by atoms with Crippen LogP contribution in [0.2, 0.25) is 0 Å². The molecule has 0 heterocycles. The maximum atomic E-state index is 12.2. The number of aliphatic imine (C=N–C) groups is 1. The van der Waals surface area contributed by atoms with Gasteiger partial charge in [0.15, 0.2) is 5.96 Å². The van der Waals surface area contributed by atoms with Crippen LogP contribution in [0, 0.1) is 5.41 Å². The molecule has 0 aliphatic heterocycles. The molecule has 0 unspecified atom stereocenters. The average Bonchev–Trinajstić information content (AvgIpc) is 3.17. The minimum absolute atomic E-state index is 0. The van der Waals surface area contributed by atoms with Crippen LogP contribution in [0.1, 0.15) is 39.0 Å². The number of hydrogen-bond acceptors (Lipinski definition) is 4. The molecule has 0 aromatic heterocycles. The lowest BCUT2D eigenvalue weighted by Crippen LogP contribution is -2.45. The van der Waals surface area contributed by atoms with E-state index in [0.717, 1.165) is 26.2 Å². The molecule has 1 saturated carbocycles. The Morgan fingerprint density at radius 3 is 2.45 bits per heavy atom. The zero-order valence-corrected chi connectivity index (χ0v) is 20.6. The van der Waals surface area contributed by atoms with Gasteiger partial charge in [0.05, 0.1) is 4.90 Å². The fourth-order valence-corrected chi connectivity index (χ4v) is 4.67. The van der Waals surface area contributed by atoms with Gasteiger partial charge in [0.1, 0.15) is 0 Å². The molecule has 3 N–H and O–H groups in total. The first kappa shape index (κ1) is 26.1. The lowest BCUT2D eigenvalue weighted by atomic mass is 9.83. The Morgan fingerprint density at radius 1 is 1.14 bits per heavy atom. The molecular formula is C20H35IN4O3S. The van der Waals surface area contributed by atoms with Gasteiger partial charge in [-0.05, 0) is 43.7 Å². The maximum Gasteiger partial charge on any atom is 0.240 e. The highest BCUT2D eigenvalue weighted by Gasteiger charge is 2.33. The third-order valence-electron chi connectivity index (χ3n) is 5.26. The second-order valence-electron chi connectivity index (χ2n) is 7.22. The number of ether oxygens (including phenoxy) is 1. The molecule has 7 nitrogen and oxygen atoms in total. The molecule has 0 bridgehead atoms. The Bertz CT molecular complexity index is 708.